The first-order chi connectivity index (χ1) is 21.4. The van der Waals surface area contributed by atoms with Crippen molar-refractivity contribution in [2.75, 3.05) is 6.54 Å². The molecule has 12 heteroatoms. The van der Waals surface area contributed by atoms with E-state index in [9.17, 15) is 28.8 Å². The van der Waals surface area contributed by atoms with E-state index in [2.05, 4.69) is 22.5 Å². The molecule has 0 radical (unpaired) electrons. The van der Waals surface area contributed by atoms with Crippen LogP contribution >= 0.6 is 0 Å². The van der Waals surface area contributed by atoms with Gasteiger partial charge in [-0.2, -0.15) is 0 Å². The maximum absolute atomic E-state index is 14.3. The van der Waals surface area contributed by atoms with E-state index in [0.29, 0.717) is 30.4 Å². The molecule has 4 aliphatic carbocycles. The van der Waals surface area contributed by atoms with Gasteiger partial charge in [0.1, 0.15) is 24.2 Å². The molecule has 1 heterocycles. The third kappa shape index (κ3) is 7.25. The molecule has 5 N–H and O–H groups in total. The summed E-state index contributed by atoms with van der Waals surface area (Å²) in [5, 5.41) is 8.21. The smallest absolute Gasteiger partial charge is 0.333 e. The van der Waals surface area contributed by atoms with E-state index in [1.807, 2.05) is 34.6 Å². The topological polar surface area (TPSA) is 177 Å². The van der Waals surface area contributed by atoms with E-state index < -0.39 is 65.1 Å². The summed E-state index contributed by atoms with van der Waals surface area (Å²) >= 11 is 0. The summed E-state index contributed by atoms with van der Waals surface area (Å²) in [4.78, 5) is 80.5. The van der Waals surface area contributed by atoms with Gasteiger partial charge in [-0.1, -0.05) is 54.0 Å². The number of carbonyl (C=O) groups is 6. The van der Waals surface area contributed by atoms with Crippen molar-refractivity contribution < 1.29 is 33.5 Å². The molecule has 5 amide bonds. The van der Waals surface area contributed by atoms with E-state index >= 15 is 0 Å². The highest BCUT2D eigenvalue weighted by molar-refractivity contribution is 6.37. The largest absolute Gasteiger partial charge is 0.460 e. The molecule has 12 nitrogen and oxygen atoms in total. The van der Waals surface area contributed by atoms with E-state index in [-0.39, 0.29) is 29.3 Å². The van der Waals surface area contributed by atoms with Gasteiger partial charge in [-0.3, -0.25) is 19.2 Å². The van der Waals surface area contributed by atoms with Crippen LogP contribution in [-0.4, -0.2) is 77.2 Å². The van der Waals surface area contributed by atoms with Gasteiger partial charge in [0, 0.05) is 6.54 Å². The lowest BCUT2D eigenvalue weighted by molar-refractivity contribution is -0.152. The molecule has 0 aromatic heterocycles. The lowest BCUT2D eigenvalue weighted by Gasteiger charge is -2.38. The number of amides is 5. The summed E-state index contributed by atoms with van der Waals surface area (Å²) in [7, 11) is 0. The number of primary amides is 1. The van der Waals surface area contributed by atoms with Gasteiger partial charge >= 0.3 is 12.0 Å². The van der Waals surface area contributed by atoms with E-state index in [1.54, 1.807) is 6.92 Å². The molecule has 5 fully saturated rings. The van der Waals surface area contributed by atoms with Crippen LogP contribution in [0.5, 0.6) is 0 Å². The Bertz CT molecular complexity index is 1300. The van der Waals surface area contributed by atoms with Crippen molar-refractivity contribution in [3.63, 3.8) is 0 Å². The molecule has 5 aliphatic rings. The number of nitrogens with one attached hydrogen (secondary N) is 3. The number of likely N-dealkylation sites (tertiary alicyclic amines) is 1. The number of esters is 1. The first kappa shape index (κ1) is 33.9. The number of piperidine rings is 1. The van der Waals surface area contributed by atoms with Crippen molar-refractivity contribution in [3.05, 3.63) is 12.2 Å². The standard InChI is InChI=1S/C34H51N5O7/c1-16(2)23(31(44)46-26(18-10-11-18)19-12-13-19)37-32(45)38-27(33(3,4)5)30(43)39-15-20-22(34(20,6)7)24(39)29(42)36-21(14-17-8-9-17)25(40)28(35)41/h17-24,26-27H,1,8-15H2,2-7H3,(H2,35,41)(H,36,42)(H2,37,38,45)/t20-,21?,22-,23-,24-,27+/m0/s1. The molecule has 4 saturated carbocycles. The Morgan fingerprint density at radius 1 is 0.957 bits per heavy atom. The minimum Gasteiger partial charge on any atom is -0.460 e. The van der Waals surface area contributed by atoms with Crippen molar-refractivity contribution in [1.82, 2.24) is 20.9 Å². The lowest BCUT2D eigenvalue weighted by atomic mass is 9.85. The molecule has 0 aromatic rings. The minimum atomic E-state index is -1.11. The van der Waals surface area contributed by atoms with E-state index in [1.165, 1.54) is 4.90 Å². The van der Waals surface area contributed by atoms with Crippen molar-refractivity contribution in [2.45, 2.75) is 117 Å². The molecular formula is C34H51N5O7. The third-order valence-electron chi connectivity index (χ3n) is 10.7. The van der Waals surface area contributed by atoms with Gasteiger partial charge in [0.05, 0.1) is 6.04 Å². The SMILES string of the molecule is C=C(C)[C@H](NC(=O)N[C@H](C(=O)N1C[C@H]2[C@@H]([C@H]1C(=O)NC(CC1CC1)C(=O)C(N)=O)C2(C)C)C(C)(C)C)C(=O)OC(C1CC1)C1CC1. The predicted octanol–water partition coefficient (Wildman–Crippen LogP) is 2.20. The summed E-state index contributed by atoms with van der Waals surface area (Å²) in [5.74, 6) is -2.56. The fourth-order valence-electron chi connectivity index (χ4n) is 7.29. The molecule has 5 rings (SSSR count). The Hall–Kier alpha value is -3.44. The second kappa shape index (κ2) is 12.3. The van der Waals surface area contributed by atoms with Gasteiger partial charge in [-0.15, -0.1) is 0 Å². The maximum Gasteiger partial charge on any atom is 0.333 e. The molecule has 46 heavy (non-hydrogen) atoms. The fourth-order valence-corrected chi connectivity index (χ4v) is 7.29. The molecule has 0 aromatic carbocycles. The van der Waals surface area contributed by atoms with Crippen LogP contribution in [0.2, 0.25) is 0 Å². The first-order valence-electron chi connectivity index (χ1n) is 16.8. The number of carbonyl (C=O) groups excluding carboxylic acids is 6. The normalized spacial score (nSPS) is 26.7. The number of ether oxygens (including phenoxy) is 1. The zero-order chi connectivity index (χ0) is 33.9. The van der Waals surface area contributed by atoms with Gasteiger partial charge < -0.3 is 31.3 Å². The van der Waals surface area contributed by atoms with Crippen LogP contribution in [0.3, 0.4) is 0 Å². The van der Waals surface area contributed by atoms with Gasteiger partial charge in [-0.05, 0) is 85.0 Å². The number of ketones is 1. The zero-order valence-corrected chi connectivity index (χ0v) is 28.0. The summed E-state index contributed by atoms with van der Waals surface area (Å²) in [6.07, 6.45) is 6.15. The summed E-state index contributed by atoms with van der Waals surface area (Å²) in [6.45, 7) is 15.4. The van der Waals surface area contributed by atoms with Crippen LogP contribution in [0.4, 0.5) is 4.79 Å². The molecule has 0 bridgehead atoms. The van der Waals surface area contributed by atoms with Crippen LogP contribution < -0.4 is 21.7 Å². The highest BCUT2D eigenvalue weighted by Crippen LogP contribution is 2.65. The number of fused-ring (bicyclic) bond motifs is 1. The number of hydrogen-bond donors (Lipinski definition) is 4. The lowest BCUT2D eigenvalue weighted by Crippen LogP contribution is -2.62. The fraction of sp³-hybridized carbons (Fsp3) is 0.765. The number of urea groups is 1. The summed E-state index contributed by atoms with van der Waals surface area (Å²) < 4.78 is 5.88. The number of Topliss-reactive ketones (excluding diaryl/α,β-unsaturated/α-hetero) is 1. The zero-order valence-electron chi connectivity index (χ0n) is 28.0. The summed E-state index contributed by atoms with van der Waals surface area (Å²) in [6, 6.07) is -4.79. The molecule has 1 unspecified atom stereocenters. The highest BCUT2D eigenvalue weighted by Gasteiger charge is 2.70. The van der Waals surface area contributed by atoms with Gasteiger partial charge in [0.25, 0.3) is 5.91 Å². The third-order valence-corrected chi connectivity index (χ3v) is 10.7. The molecule has 0 spiro atoms. The monoisotopic (exact) mass is 641 g/mol. The van der Waals surface area contributed by atoms with Crippen LogP contribution in [0.25, 0.3) is 0 Å². The average Bonchev–Trinajstić information content (AvgIpc) is 3.75. The first-order valence-corrected chi connectivity index (χ1v) is 16.8. The Morgan fingerprint density at radius 2 is 1.54 bits per heavy atom. The second-order valence-electron chi connectivity index (χ2n) is 16.1. The highest BCUT2D eigenvalue weighted by atomic mass is 16.5. The molecule has 6 atom stereocenters. The number of rotatable bonds is 14. The maximum atomic E-state index is 14.3. The van der Waals surface area contributed by atoms with Gasteiger partial charge in [-0.25, -0.2) is 9.59 Å². The van der Waals surface area contributed by atoms with E-state index in [4.69, 9.17) is 10.5 Å². The second-order valence-corrected chi connectivity index (χ2v) is 16.1. The Kier molecular flexibility index (Phi) is 9.07. The molecule has 1 saturated heterocycles. The predicted molar refractivity (Wildman–Crippen MR) is 169 cm³/mol. The quantitative estimate of drug-likeness (QED) is 0.128. The van der Waals surface area contributed by atoms with Crippen molar-refractivity contribution in [2.24, 2.45) is 46.2 Å². The average molecular weight is 642 g/mol. The van der Waals surface area contributed by atoms with Gasteiger partial charge in [0.15, 0.2) is 0 Å². The number of nitrogens with zero attached hydrogens (tertiary/aromatic N) is 1. The Morgan fingerprint density at radius 3 is 2.02 bits per heavy atom. The van der Waals surface area contributed by atoms with Crippen LogP contribution in [0.1, 0.15) is 86.5 Å². The van der Waals surface area contributed by atoms with Crippen LogP contribution in [-0.2, 0) is 28.7 Å². The van der Waals surface area contributed by atoms with Crippen molar-refractivity contribution in [3.8, 4) is 0 Å². The Labute approximate surface area is 271 Å². The van der Waals surface area contributed by atoms with E-state index in [0.717, 1.165) is 38.5 Å². The van der Waals surface area contributed by atoms with Crippen LogP contribution in [0.15, 0.2) is 12.2 Å². The Balaban J connectivity index is 1.29. The minimum absolute atomic E-state index is 0.0591. The van der Waals surface area contributed by atoms with Crippen molar-refractivity contribution >= 4 is 35.5 Å². The molecular weight excluding hydrogens is 590 g/mol. The van der Waals surface area contributed by atoms with Crippen LogP contribution in [0, 0.1) is 40.4 Å². The molecule has 1 aliphatic heterocycles. The summed E-state index contributed by atoms with van der Waals surface area (Å²) in [5.41, 5.74) is 4.74. The van der Waals surface area contributed by atoms with Gasteiger partial charge in [0.2, 0.25) is 17.6 Å². The van der Waals surface area contributed by atoms with Crippen molar-refractivity contribution in [1.29, 1.82) is 0 Å². The number of nitrogens with two attached hydrogens (primary N) is 1. The molecule has 254 valence electrons. The number of hydrogen-bond acceptors (Lipinski definition) is 7.